The fourth-order valence-corrected chi connectivity index (χ4v) is 1.50. The van der Waals surface area contributed by atoms with Crippen LogP contribution in [-0.2, 0) is 6.54 Å². The van der Waals surface area contributed by atoms with Crippen LogP contribution in [0.3, 0.4) is 0 Å². The van der Waals surface area contributed by atoms with Gasteiger partial charge in [0.1, 0.15) is 0 Å². The third kappa shape index (κ3) is 1.65. The minimum absolute atomic E-state index is 0.435. The summed E-state index contributed by atoms with van der Waals surface area (Å²) >= 11 is 1.63. The average molecular weight is 183 g/mol. The quantitative estimate of drug-likeness (QED) is 0.472. The molecular weight excluding hydrogens is 170 g/mol. The number of nitrogen functional groups attached to an aromatic ring is 2. The molecule has 0 spiro atoms. The van der Waals surface area contributed by atoms with Gasteiger partial charge in [-0.25, -0.2) is 0 Å². The summed E-state index contributed by atoms with van der Waals surface area (Å²) in [7, 11) is 0. The Morgan fingerprint density at radius 2 is 2.00 bits per heavy atom. The summed E-state index contributed by atoms with van der Waals surface area (Å²) in [6, 6.07) is 3.83. The molecule has 66 valence electrons. The zero-order valence-electron chi connectivity index (χ0n) is 7.00. The molecule has 0 aromatic heterocycles. The van der Waals surface area contributed by atoms with Crippen LogP contribution < -0.4 is 17.2 Å². The van der Waals surface area contributed by atoms with Gasteiger partial charge in [0.25, 0.3) is 0 Å². The first-order chi connectivity index (χ1) is 5.69. The summed E-state index contributed by atoms with van der Waals surface area (Å²) in [5.41, 5.74) is 19.0. The molecule has 6 N–H and O–H groups in total. The van der Waals surface area contributed by atoms with Crippen molar-refractivity contribution in [3.05, 3.63) is 17.7 Å². The molecular formula is C8H13N3S. The van der Waals surface area contributed by atoms with Gasteiger partial charge in [0.15, 0.2) is 0 Å². The van der Waals surface area contributed by atoms with Crippen LogP contribution in [0, 0.1) is 0 Å². The van der Waals surface area contributed by atoms with Crippen molar-refractivity contribution >= 4 is 23.1 Å². The van der Waals surface area contributed by atoms with E-state index in [4.69, 9.17) is 17.2 Å². The lowest BCUT2D eigenvalue weighted by atomic mass is 10.1. The van der Waals surface area contributed by atoms with Gasteiger partial charge in [0, 0.05) is 11.4 Å². The normalized spacial score (nSPS) is 10.2. The molecule has 0 saturated carbocycles. The molecule has 0 aliphatic carbocycles. The minimum atomic E-state index is 0.435. The van der Waals surface area contributed by atoms with E-state index in [1.54, 1.807) is 11.8 Å². The Morgan fingerprint density at radius 3 is 2.50 bits per heavy atom. The van der Waals surface area contributed by atoms with Crippen molar-refractivity contribution in [1.29, 1.82) is 0 Å². The van der Waals surface area contributed by atoms with Crippen molar-refractivity contribution in [2.24, 2.45) is 5.73 Å². The first kappa shape index (κ1) is 9.22. The van der Waals surface area contributed by atoms with Crippen LogP contribution in [0.1, 0.15) is 5.56 Å². The van der Waals surface area contributed by atoms with Crippen molar-refractivity contribution in [1.82, 2.24) is 0 Å². The predicted molar refractivity (Wildman–Crippen MR) is 54.9 cm³/mol. The molecule has 0 aliphatic rings. The molecule has 0 aliphatic heterocycles. The van der Waals surface area contributed by atoms with Gasteiger partial charge in [-0.2, -0.15) is 0 Å². The number of nitrogens with two attached hydrogens (primary N) is 3. The van der Waals surface area contributed by atoms with Crippen LogP contribution in [0.4, 0.5) is 11.4 Å². The molecule has 0 radical (unpaired) electrons. The average Bonchev–Trinajstić information content (AvgIpc) is 2.09. The molecule has 0 fully saturated rings. The monoisotopic (exact) mass is 183 g/mol. The Balaban J connectivity index is 3.19. The SMILES string of the molecule is CSc1cc(N)c(N)c(CN)c1. The molecule has 1 aromatic carbocycles. The molecule has 12 heavy (non-hydrogen) atoms. The molecule has 0 bridgehead atoms. The van der Waals surface area contributed by atoms with Gasteiger partial charge >= 0.3 is 0 Å². The highest BCUT2D eigenvalue weighted by molar-refractivity contribution is 7.98. The highest BCUT2D eigenvalue weighted by atomic mass is 32.2. The number of benzene rings is 1. The standard InChI is InChI=1S/C8H13N3S/c1-12-6-2-5(4-9)8(11)7(10)3-6/h2-3H,4,9-11H2,1H3. The van der Waals surface area contributed by atoms with Crippen molar-refractivity contribution < 1.29 is 0 Å². The summed E-state index contributed by atoms with van der Waals surface area (Å²) in [5, 5.41) is 0. The predicted octanol–water partition coefficient (Wildman–Crippen LogP) is 1.03. The van der Waals surface area contributed by atoms with E-state index in [1.165, 1.54) is 0 Å². The lowest BCUT2D eigenvalue weighted by Crippen LogP contribution is -2.04. The van der Waals surface area contributed by atoms with Gasteiger partial charge in [-0.3, -0.25) is 0 Å². The smallest absolute Gasteiger partial charge is 0.0594 e. The van der Waals surface area contributed by atoms with Gasteiger partial charge in [0.05, 0.1) is 11.4 Å². The first-order valence-electron chi connectivity index (χ1n) is 3.61. The Bertz CT molecular complexity index is 286. The molecule has 0 atom stereocenters. The molecule has 1 aromatic rings. The van der Waals surface area contributed by atoms with Crippen LogP contribution in [0.5, 0.6) is 0 Å². The second-order valence-electron chi connectivity index (χ2n) is 2.49. The molecule has 1 rings (SSSR count). The Morgan fingerprint density at radius 1 is 1.33 bits per heavy atom. The van der Waals surface area contributed by atoms with Crippen molar-refractivity contribution in [3.8, 4) is 0 Å². The van der Waals surface area contributed by atoms with Gasteiger partial charge in [-0.15, -0.1) is 11.8 Å². The lowest BCUT2D eigenvalue weighted by Gasteiger charge is -2.08. The van der Waals surface area contributed by atoms with E-state index < -0.39 is 0 Å². The molecule has 4 heteroatoms. The third-order valence-electron chi connectivity index (χ3n) is 1.73. The fourth-order valence-electron chi connectivity index (χ4n) is 0.994. The largest absolute Gasteiger partial charge is 0.397 e. The van der Waals surface area contributed by atoms with E-state index in [0.717, 1.165) is 10.5 Å². The van der Waals surface area contributed by atoms with Crippen molar-refractivity contribution in [2.75, 3.05) is 17.7 Å². The summed E-state index contributed by atoms with van der Waals surface area (Å²) in [6.45, 7) is 0.435. The maximum atomic E-state index is 5.70. The third-order valence-corrected chi connectivity index (χ3v) is 2.43. The van der Waals surface area contributed by atoms with E-state index in [0.29, 0.717) is 17.9 Å². The van der Waals surface area contributed by atoms with Gasteiger partial charge in [0.2, 0.25) is 0 Å². The topological polar surface area (TPSA) is 78.1 Å². The molecule has 0 amide bonds. The highest BCUT2D eigenvalue weighted by Crippen LogP contribution is 2.26. The minimum Gasteiger partial charge on any atom is -0.397 e. The Labute approximate surface area is 76.3 Å². The van der Waals surface area contributed by atoms with Gasteiger partial charge in [-0.05, 0) is 24.0 Å². The van der Waals surface area contributed by atoms with E-state index in [-0.39, 0.29) is 0 Å². The molecule has 0 heterocycles. The maximum absolute atomic E-state index is 5.70. The Kier molecular flexibility index (Phi) is 2.83. The molecule has 3 nitrogen and oxygen atoms in total. The second kappa shape index (κ2) is 3.69. The molecule has 0 saturated heterocycles. The number of rotatable bonds is 2. The van der Waals surface area contributed by atoms with Crippen LogP contribution in [-0.4, -0.2) is 6.26 Å². The number of hydrogen-bond acceptors (Lipinski definition) is 4. The van der Waals surface area contributed by atoms with Crippen LogP contribution in [0.2, 0.25) is 0 Å². The summed E-state index contributed by atoms with van der Waals surface area (Å²) < 4.78 is 0. The van der Waals surface area contributed by atoms with Crippen molar-refractivity contribution in [3.63, 3.8) is 0 Å². The Hall–Kier alpha value is -0.870. The fraction of sp³-hybridized carbons (Fsp3) is 0.250. The highest BCUT2D eigenvalue weighted by Gasteiger charge is 2.03. The summed E-state index contributed by atoms with van der Waals surface area (Å²) in [5.74, 6) is 0. The maximum Gasteiger partial charge on any atom is 0.0594 e. The van der Waals surface area contributed by atoms with E-state index in [1.807, 2.05) is 18.4 Å². The molecule has 0 unspecified atom stereocenters. The first-order valence-corrected chi connectivity index (χ1v) is 4.83. The van der Waals surface area contributed by atoms with E-state index in [2.05, 4.69) is 0 Å². The summed E-state index contributed by atoms with van der Waals surface area (Å²) in [4.78, 5) is 1.10. The van der Waals surface area contributed by atoms with E-state index in [9.17, 15) is 0 Å². The van der Waals surface area contributed by atoms with Crippen LogP contribution in [0.25, 0.3) is 0 Å². The number of hydrogen-bond donors (Lipinski definition) is 3. The van der Waals surface area contributed by atoms with Crippen molar-refractivity contribution in [2.45, 2.75) is 11.4 Å². The van der Waals surface area contributed by atoms with Gasteiger partial charge in [-0.1, -0.05) is 0 Å². The van der Waals surface area contributed by atoms with Gasteiger partial charge < -0.3 is 17.2 Å². The zero-order valence-corrected chi connectivity index (χ0v) is 7.82. The number of anilines is 2. The lowest BCUT2D eigenvalue weighted by molar-refractivity contribution is 1.07. The zero-order chi connectivity index (χ0) is 9.14. The second-order valence-corrected chi connectivity index (χ2v) is 3.37. The number of thioether (sulfide) groups is 1. The van der Waals surface area contributed by atoms with E-state index >= 15 is 0 Å². The van der Waals surface area contributed by atoms with Crippen LogP contribution in [0.15, 0.2) is 17.0 Å². The summed E-state index contributed by atoms with van der Waals surface area (Å²) in [6.07, 6.45) is 1.99. The van der Waals surface area contributed by atoms with Crippen LogP contribution >= 0.6 is 11.8 Å².